The molecule has 38 heavy (non-hydrogen) atoms. The van der Waals surface area contributed by atoms with Gasteiger partial charge in [0.15, 0.2) is 5.13 Å². The molecular weight excluding hydrogens is 525 g/mol. The Morgan fingerprint density at radius 1 is 1.03 bits per heavy atom. The number of nitrogens with one attached hydrogen (secondary N) is 2. The molecule has 0 radical (unpaired) electrons. The molecule has 1 aliphatic heterocycles. The number of hydrogen-bond acceptors (Lipinski definition) is 7. The number of anilines is 2. The number of para-hydroxylation sites is 1. The number of benzene rings is 3. The molecule has 0 unspecified atom stereocenters. The van der Waals surface area contributed by atoms with Crippen molar-refractivity contribution in [1.82, 2.24) is 15.2 Å². The minimum absolute atomic E-state index is 0.135. The Morgan fingerprint density at radius 2 is 1.76 bits per heavy atom. The molecule has 1 fully saturated rings. The number of carbonyl (C=O) groups excluding carboxylic acids is 1. The lowest BCUT2D eigenvalue weighted by atomic mass is 10.1. The third-order valence-corrected chi connectivity index (χ3v) is 8.90. The summed E-state index contributed by atoms with van der Waals surface area (Å²) < 4.78 is 42.5. The van der Waals surface area contributed by atoms with Crippen LogP contribution in [0.5, 0.6) is 0 Å². The van der Waals surface area contributed by atoms with E-state index in [2.05, 4.69) is 24.8 Å². The molecule has 1 aromatic heterocycles. The summed E-state index contributed by atoms with van der Waals surface area (Å²) >= 11 is 1.49. The van der Waals surface area contributed by atoms with Crippen molar-refractivity contribution in [3.63, 3.8) is 0 Å². The topological polar surface area (TPSA) is 94.6 Å². The minimum atomic E-state index is -3.83. The first-order valence-electron chi connectivity index (χ1n) is 12.3. The van der Waals surface area contributed by atoms with Gasteiger partial charge in [0.05, 0.1) is 26.4 Å². The summed E-state index contributed by atoms with van der Waals surface area (Å²) in [7, 11) is -3.83. The molecule has 1 amide bonds. The first kappa shape index (κ1) is 26.1. The number of carbonyl (C=O) groups is 1. The van der Waals surface area contributed by atoms with Crippen molar-refractivity contribution in [3.8, 4) is 0 Å². The molecule has 1 saturated heterocycles. The van der Waals surface area contributed by atoms with Crippen LogP contribution in [-0.2, 0) is 10.0 Å². The van der Waals surface area contributed by atoms with Crippen LogP contribution in [0.3, 0.4) is 0 Å². The summed E-state index contributed by atoms with van der Waals surface area (Å²) in [5.74, 6) is -0.599. The highest BCUT2D eigenvalue weighted by Crippen LogP contribution is 2.30. The SMILES string of the molecule is Cc1ccc(S(=O)(=O)Nc2ccccc2C(=O)NCCN2CCN(c3nc4ccc(F)cc4s3)CC2)cc1. The second kappa shape index (κ2) is 11.1. The van der Waals surface area contributed by atoms with Gasteiger partial charge >= 0.3 is 0 Å². The number of fused-ring (bicyclic) bond motifs is 1. The van der Waals surface area contributed by atoms with Crippen LogP contribution in [0.2, 0.25) is 0 Å². The molecule has 0 saturated carbocycles. The molecule has 3 aromatic carbocycles. The number of halogens is 1. The normalized spacial score (nSPS) is 14.5. The zero-order valence-corrected chi connectivity index (χ0v) is 22.5. The summed E-state index contributed by atoms with van der Waals surface area (Å²) in [6, 6.07) is 17.8. The molecule has 0 atom stereocenters. The first-order valence-corrected chi connectivity index (χ1v) is 14.6. The minimum Gasteiger partial charge on any atom is -0.351 e. The van der Waals surface area contributed by atoms with Crippen molar-refractivity contribution in [3.05, 3.63) is 83.7 Å². The lowest BCUT2D eigenvalue weighted by Crippen LogP contribution is -2.48. The quantitative estimate of drug-likeness (QED) is 0.341. The lowest BCUT2D eigenvalue weighted by molar-refractivity contribution is 0.0948. The average molecular weight is 554 g/mol. The van der Waals surface area contributed by atoms with E-state index in [4.69, 9.17) is 0 Å². The van der Waals surface area contributed by atoms with Crippen molar-refractivity contribution in [2.45, 2.75) is 11.8 Å². The van der Waals surface area contributed by atoms with E-state index in [1.54, 1.807) is 42.5 Å². The molecule has 4 aromatic rings. The van der Waals surface area contributed by atoms with Crippen molar-refractivity contribution in [1.29, 1.82) is 0 Å². The number of piperazine rings is 1. The van der Waals surface area contributed by atoms with Crippen LogP contribution in [-0.4, -0.2) is 63.5 Å². The van der Waals surface area contributed by atoms with Crippen molar-refractivity contribution < 1.29 is 17.6 Å². The Morgan fingerprint density at radius 3 is 2.53 bits per heavy atom. The summed E-state index contributed by atoms with van der Waals surface area (Å²) in [4.78, 5) is 22.1. The highest BCUT2D eigenvalue weighted by molar-refractivity contribution is 7.92. The molecule has 8 nitrogen and oxygen atoms in total. The molecular formula is C27H28FN5O3S2. The van der Waals surface area contributed by atoms with Gasteiger partial charge in [-0.2, -0.15) is 0 Å². The third-order valence-electron chi connectivity index (χ3n) is 6.44. The Kier molecular flexibility index (Phi) is 7.59. The largest absolute Gasteiger partial charge is 0.351 e. The predicted octanol–water partition coefficient (Wildman–Crippen LogP) is 4.10. The number of sulfonamides is 1. The van der Waals surface area contributed by atoms with Gasteiger partial charge in [-0.25, -0.2) is 17.8 Å². The van der Waals surface area contributed by atoms with E-state index in [0.717, 1.165) is 47.1 Å². The van der Waals surface area contributed by atoms with E-state index in [9.17, 15) is 17.6 Å². The average Bonchev–Trinajstić information content (AvgIpc) is 3.32. The summed E-state index contributed by atoms with van der Waals surface area (Å²) in [6.07, 6.45) is 0. The maximum Gasteiger partial charge on any atom is 0.261 e. The third kappa shape index (κ3) is 5.95. The second-order valence-electron chi connectivity index (χ2n) is 9.16. The fraction of sp³-hybridized carbons (Fsp3) is 0.259. The first-order chi connectivity index (χ1) is 18.3. The van der Waals surface area contributed by atoms with Crippen LogP contribution < -0.4 is 14.9 Å². The van der Waals surface area contributed by atoms with E-state index in [0.29, 0.717) is 13.1 Å². The van der Waals surface area contributed by atoms with Gasteiger partial charge in [0, 0.05) is 39.3 Å². The molecule has 2 heterocycles. The molecule has 0 aliphatic carbocycles. The van der Waals surface area contributed by atoms with E-state index in [1.807, 2.05) is 6.92 Å². The van der Waals surface area contributed by atoms with E-state index >= 15 is 0 Å². The monoisotopic (exact) mass is 553 g/mol. The van der Waals surface area contributed by atoms with Crippen LogP contribution in [0.4, 0.5) is 15.2 Å². The number of hydrogen-bond donors (Lipinski definition) is 2. The van der Waals surface area contributed by atoms with E-state index < -0.39 is 10.0 Å². The van der Waals surface area contributed by atoms with Crippen LogP contribution in [0.25, 0.3) is 10.2 Å². The Balaban J connectivity index is 1.14. The second-order valence-corrected chi connectivity index (χ2v) is 11.8. The molecule has 1 aliphatic rings. The predicted molar refractivity (Wildman–Crippen MR) is 149 cm³/mol. The van der Waals surface area contributed by atoms with Crippen LogP contribution in [0.1, 0.15) is 15.9 Å². The Bertz CT molecular complexity index is 1550. The molecule has 5 rings (SSSR count). The van der Waals surface area contributed by atoms with E-state index in [-0.39, 0.29) is 27.9 Å². The number of aryl methyl sites for hydroxylation is 1. The Labute approximate surface area is 225 Å². The number of amides is 1. The number of aromatic nitrogens is 1. The maximum atomic E-state index is 13.5. The summed E-state index contributed by atoms with van der Waals surface area (Å²) in [6.45, 7) is 6.19. The zero-order valence-electron chi connectivity index (χ0n) is 20.9. The van der Waals surface area contributed by atoms with Crippen molar-refractivity contribution in [2.24, 2.45) is 0 Å². The number of nitrogens with zero attached hydrogens (tertiary/aromatic N) is 3. The fourth-order valence-corrected chi connectivity index (χ4v) is 6.42. The van der Waals surface area contributed by atoms with Gasteiger partial charge < -0.3 is 10.2 Å². The van der Waals surface area contributed by atoms with E-state index in [1.165, 1.54) is 35.6 Å². The summed E-state index contributed by atoms with van der Waals surface area (Å²) in [5, 5.41) is 3.80. The molecule has 11 heteroatoms. The van der Waals surface area contributed by atoms with Gasteiger partial charge in [0.2, 0.25) is 0 Å². The lowest BCUT2D eigenvalue weighted by Gasteiger charge is -2.34. The zero-order chi connectivity index (χ0) is 26.7. The van der Waals surface area contributed by atoms with Crippen LogP contribution in [0, 0.1) is 12.7 Å². The highest BCUT2D eigenvalue weighted by atomic mass is 32.2. The van der Waals surface area contributed by atoms with Gasteiger partial charge in [-0.1, -0.05) is 41.2 Å². The van der Waals surface area contributed by atoms with Gasteiger partial charge in [0.1, 0.15) is 5.82 Å². The summed E-state index contributed by atoms with van der Waals surface area (Å²) in [5.41, 5.74) is 2.26. The van der Waals surface area contributed by atoms with Gasteiger partial charge in [0.25, 0.3) is 15.9 Å². The number of thiazole rings is 1. The van der Waals surface area contributed by atoms with Crippen molar-refractivity contribution >= 4 is 48.3 Å². The number of rotatable bonds is 8. The van der Waals surface area contributed by atoms with Gasteiger partial charge in [-0.05, 0) is 49.4 Å². The smallest absolute Gasteiger partial charge is 0.261 e. The molecule has 198 valence electrons. The molecule has 0 spiro atoms. The maximum absolute atomic E-state index is 13.5. The Hall–Kier alpha value is -3.54. The van der Waals surface area contributed by atoms with Crippen molar-refractivity contribution in [2.75, 3.05) is 48.9 Å². The van der Waals surface area contributed by atoms with Crippen LogP contribution >= 0.6 is 11.3 Å². The van der Waals surface area contributed by atoms with Gasteiger partial charge in [-0.3, -0.25) is 14.4 Å². The highest BCUT2D eigenvalue weighted by Gasteiger charge is 2.21. The standard InChI is InChI=1S/C27H28FN5O3S2/c1-19-6-9-21(10-7-19)38(35,36)31-23-5-3-2-4-22(23)26(34)29-12-13-32-14-16-33(17-15-32)27-30-24-11-8-20(28)18-25(24)37-27/h2-11,18,31H,12-17H2,1H3,(H,29,34). The van der Waals surface area contributed by atoms with Gasteiger partial charge in [-0.15, -0.1) is 0 Å². The fourth-order valence-electron chi connectivity index (χ4n) is 4.30. The van der Waals surface area contributed by atoms with Crippen LogP contribution in [0.15, 0.2) is 71.6 Å². The molecule has 0 bridgehead atoms. The molecule has 2 N–H and O–H groups in total.